The van der Waals surface area contributed by atoms with Gasteiger partial charge >= 0.3 is 0 Å². The number of anilines is 1. The Morgan fingerprint density at radius 1 is 1.53 bits per heavy atom. The minimum absolute atomic E-state index is 0.0413. The number of hydrogen-bond acceptors (Lipinski definition) is 3. The largest absolute Gasteiger partial charge is 0.325 e. The number of hydrogen-bond donors (Lipinski definition) is 2. The van der Waals surface area contributed by atoms with Crippen molar-refractivity contribution in [2.45, 2.75) is 45.1 Å². The van der Waals surface area contributed by atoms with E-state index in [1.807, 2.05) is 6.92 Å². The Kier molecular flexibility index (Phi) is 5.16. The summed E-state index contributed by atoms with van der Waals surface area (Å²) in [7, 11) is 0. The summed E-state index contributed by atoms with van der Waals surface area (Å²) in [4.78, 5) is 16.0. The zero-order chi connectivity index (χ0) is 13.7. The van der Waals surface area contributed by atoms with E-state index in [1.165, 1.54) is 19.3 Å². The van der Waals surface area contributed by atoms with E-state index in [9.17, 15) is 4.79 Å². The summed E-state index contributed by atoms with van der Waals surface area (Å²) in [6.45, 7) is 2.91. The molecule has 1 atom stereocenters. The number of carbonyl (C=O) groups excluding carboxylic acids is 1. The van der Waals surface area contributed by atoms with Crippen LogP contribution in [0, 0.1) is 6.92 Å². The van der Waals surface area contributed by atoms with Gasteiger partial charge in [-0.3, -0.25) is 4.79 Å². The van der Waals surface area contributed by atoms with Gasteiger partial charge < -0.3 is 10.6 Å². The molecule has 2 heterocycles. The molecule has 0 bridgehead atoms. The topological polar surface area (TPSA) is 54.0 Å². The Bertz CT molecular complexity index is 444. The van der Waals surface area contributed by atoms with E-state index in [0.717, 1.165) is 24.3 Å². The number of pyridine rings is 1. The molecule has 1 aromatic heterocycles. The van der Waals surface area contributed by atoms with Gasteiger partial charge in [0.05, 0.1) is 11.4 Å². The predicted octanol–water partition coefficient (Wildman–Crippen LogP) is 2.90. The lowest BCUT2D eigenvalue weighted by Gasteiger charge is -2.23. The summed E-state index contributed by atoms with van der Waals surface area (Å²) in [6.07, 6.45) is 5.12. The van der Waals surface area contributed by atoms with E-state index >= 15 is 0 Å². The quantitative estimate of drug-likeness (QED) is 0.835. The van der Waals surface area contributed by atoms with Crippen molar-refractivity contribution < 1.29 is 4.79 Å². The van der Waals surface area contributed by atoms with E-state index in [2.05, 4.69) is 15.6 Å². The molecule has 104 valence electrons. The number of carbonyl (C=O) groups is 1. The number of aryl methyl sites for hydroxylation is 1. The minimum Gasteiger partial charge on any atom is -0.325 e. The molecule has 1 aliphatic heterocycles. The summed E-state index contributed by atoms with van der Waals surface area (Å²) in [6, 6.07) is 3.97. The fourth-order valence-corrected chi connectivity index (χ4v) is 2.54. The highest BCUT2D eigenvalue weighted by molar-refractivity contribution is 6.29. The van der Waals surface area contributed by atoms with Gasteiger partial charge in [0.25, 0.3) is 0 Å². The van der Waals surface area contributed by atoms with Crippen LogP contribution in [0.15, 0.2) is 12.1 Å². The Hall–Kier alpha value is -1.13. The van der Waals surface area contributed by atoms with Gasteiger partial charge in [-0.15, -0.1) is 0 Å². The molecule has 0 aliphatic carbocycles. The second-order valence-corrected chi connectivity index (χ2v) is 5.39. The van der Waals surface area contributed by atoms with Gasteiger partial charge in [0.1, 0.15) is 5.15 Å². The zero-order valence-corrected chi connectivity index (χ0v) is 12.0. The molecule has 0 spiro atoms. The predicted molar refractivity (Wildman–Crippen MR) is 77.5 cm³/mol. The lowest BCUT2D eigenvalue weighted by molar-refractivity contribution is -0.116. The van der Waals surface area contributed by atoms with Crippen molar-refractivity contribution in [3.8, 4) is 0 Å². The third-order valence-corrected chi connectivity index (χ3v) is 3.67. The van der Waals surface area contributed by atoms with Crippen LogP contribution in [0.4, 0.5) is 5.69 Å². The fourth-order valence-electron chi connectivity index (χ4n) is 2.35. The molecule has 1 aliphatic rings. The van der Waals surface area contributed by atoms with E-state index in [4.69, 9.17) is 11.6 Å². The van der Waals surface area contributed by atoms with Crippen LogP contribution in [0.25, 0.3) is 0 Å². The molecular formula is C14H20ClN3O. The number of halogens is 1. The number of amides is 1. The molecule has 1 fully saturated rings. The first-order valence-electron chi connectivity index (χ1n) is 6.81. The van der Waals surface area contributed by atoms with E-state index in [-0.39, 0.29) is 5.91 Å². The molecule has 19 heavy (non-hydrogen) atoms. The van der Waals surface area contributed by atoms with Crippen LogP contribution in [0.1, 0.15) is 37.8 Å². The minimum atomic E-state index is 0.0413. The molecule has 1 unspecified atom stereocenters. The number of piperidine rings is 1. The van der Waals surface area contributed by atoms with Crippen molar-refractivity contribution in [2.75, 3.05) is 11.9 Å². The molecule has 0 aromatic carbocycles. The van der Waals surface area contributed by atoms with Crippen molar-refractivity contribution in [3.63, 3.8) is 0 Å². The molecule has 2 rings (SSSR count). The fraction of sp³-hybridized carbons (Fsp3) is 0.571. The lowest BCUT2D eigenvalue weighted by atomic mass is 10.0. The van der Waals surface area contributed by atoms with E-state index < -0.39 is 0 Å². The van der Waals surface area contributed by atoms with Gasteiger partial charge in [0.15, 0.2) is 0 Å². The summed E-state index contributed by atoms with van der Waals surface area (Å²) in [5.74, 6) is 0.0413. The molecule has 1 amide bonds. The van der Waals surface area contributed by atoms with Crippen molar-refractivity contribution in [1.29, 1.82) is 0 Å². The van der Waals surface area contributed by atoms with Gasteiger partial charge in [0.2, 0.25) is 5.91 Å². The SMILES string of the molecule is Cc1nc(Cl)ccc1NC(=O)CCC1CCCCN1. The Balaban J connectivity index is 1.80. The number of rotatable bonds is 4. The molecule has 1 aromatic rings. The van der Waals surface area contributed by atoms with Crippen molar-refractivity contribution in [2.24, 2.45) is 0 Å². The van der Waals surface area contributed by atoms with Crippen LogP contribution in [0.5, 0.6) is 0 Å². The normalized spacial score (nSPS) is 19.2. The molecule has 0 radical (unpaired) electrons. The van der Waals surface area contributed by atoms with E-state index in [0.29, 0.717) is 17.6 Å². The van der Waals surface area contributed by atoms with Gasteiger partial charge in [-0.2, -0.15) is 0 Å². The first-order chi connectivity index (χ1) is 9.15. The van der Waals surface area contributed by atoms with E-state index in [1.54, 1.807) is 12.1 Å². The average molecular weight is 282 g/mol. The molecule has 0 saturated carbocycles. The number of nitrogens with one attached hydrogen (secondary N) is 2. The summed E-state index contributed by atoms with van der Waals surface area (Å²) < 4.78 is 0. The van der Waals surface area contributed by atoms with Gasteiger partial charge in [-0.05, 0) is 44.9 Å². The molecule has 2 N–H and O–H groups in total. The van der Waals surface area contributed by atoms with Crippen molar-refractivity contribution in [3.05, 3.63) is 23.0 Å². The van der Waals surface area contributed by atoms with Crippen molar-refractivity contribution >= 4 is 23.2 Å². The van der Waals surface area contributed by atoms with Crippen LogP contribution in [-0.4, -0.2) is 23.5 Å². The maximum Gasteiger partial charge on any atom is 0.224 e. The first kappa shape index (κ1) is 14.3. The maximum atomic E-state index is 11.9. The third-order valence-electron chi connectivity index (χ3n) is 3.46. The second-order valence-electron chi connectivity index (χ2n) is 5.00. The molecular weight excluding hydrogens is 262 g/mol. The Labute approximate surface area is 118 Å². The third kappa shape index (κ3) is 4.48. The van der Waals surface area contributed by atoms with Gasteiger partial charge in [-0.25, -0.2) is 4.98 Å². The summed E-state index contributed by atoms with van der Waals surface area (Å²) in [5, 5.41) is 6.78. The van der Waals surface area contributed by atoms with Crippen LogP contribution in [0.2, 0.25) is 5.15 Å². The smallest absolute Gasteiger partial charge is 0.224 e. The van der Waals surface area contributed by atoms with Crippen LogP contribution >= 0.6 is 11.6 Å². The average Bonchev–Trinajstić information content (AvgIpc) is 2.41. The second kappa shape index (κ2) is 6.87. The highest BCUT2D eigenvalue weighted by Crippen LogP contribution is 2.17. The summed E-state index contributed by atoms with van der Waals surface area (Å²) in [5.41, 5.74) is 1.49. The molecule has 1 saturated heterocycles. The number of aromatic nitrogens is 1. The van der Waals surface area contributed by atoms with Crippen LogP contribution in [0.3, 0.4) is 0 Å². The Morgan fingerprint density at radius 3 is 3.05 bits per heavy atom. The highest BCUT2D eigenvalue weighted by Gasteiger charge is 2.14. The van der Waals surface area contributed by atoms with Crippen LogP contribution < -0.4 is 10.6 Å². The number of nitrogens with zero attached hydrogens (tertiary/aromatic N) is 1. The van der Waals surface area contributed by atoms with Gasteiger partial charge in [0, 0.05) is 12.5 Å². The highest BCUT2D eigenvalue weighted by atomic mass is 35.5. The first-order valence-corrected chi connectivity index (χ1v) is 7.19. The Morgan fingerprint density at radius 2 is 2.37 bits per heavy atom. The van der Waals surface area contributed by atoms with Gasteiger partial charge in [-0.1, -0.05) is 18.0 Å². The van der Waals surface area contributed by atoms with Crippen LogP contribution in [-0.2, 0) is 4.79 Å². The summed E-state index contributed by atoms with van der Waals surface area (Å²) >= 11 is 5.78. The standard InChI is InChI=1S/C14H20ClN3O/c1-10-12(6-7-13(15)17-10)18-14(19)8-5-11-4-2-3-9-16-11/h6-7,11,16H,2-5,8-9H2,1H3,(H,18,19). The molecule has 5 heteroatoms. The zero-order valence-electron chi connectivity index (χ0n) is 11.2. The monoisotopic (exact) mass is 281 g/mol. The molecule has 4 nitrogen and oxygen atoms in total. The van der Waals surface area contributed by atoms with Crippen molar-refractivity contribution in [1.82, 2.24) is 10.3 Å². The lowest BCUT2D eigenvalue weighted by Crippen LogP contribution is -2.34. The maximum absolute atomic E-state index is 11.9.